The lowest BCUT2D eigenvalue weighted by Gasteiger charge is -2.51. The van der Waals surface area contributed by atoms with Gasteiger partial charge in [0.25, 0.3) is 0 Å². The van der Waals surface area contributed by atoms with Crippen molar-refractivity contribution in [1.29, 1.82) is 0 Å². The normalized spacial score (nSPS) is 30.1. The van der Waals surface area contributed by atoms with Crippen LogP contribution in [-0.2, 0) is 45.2 Å². The van der Waals surface area contributed by atoms with E-state index in [9.17, 15) is 33.9 Å². The fourth-order valence-electron chi connectivity index (χ4n) is 16.1. The number of hydrogen-bond donors (Lipinski definition) is 2. The molecule has 3 aliphatic carbocycles. The van der Waals surface area contributed by atoms with Crippen molar-refractivity contribution in [1.82, 2.24) is 44.5 Å². The first kappa shape index (κ1) is 64.0. The average Bonchev–Trinajstić information content (AvgIpc) is 2.16. The van der Waals surface area contributed by atoms with Crippen LogP contribution in [0.2, 0.25) is 0 Å². The maximum Gasteiger partial charge on any atom is 0.323 e. The number of aliphatic carboxylic acids is 1. The first-order chi connectivity index (χ1) is 41.6. The van der Waals surface area contributed by atoms with Gasteiger partial charge in [0, 0.05) is 73.5 Å². The van der Waals surface area contributed by atoms with Gasteiger partial charge < -0.3 is 49.1 Å². The molecule has 6 amide bonds. The number of carboxylic acid groups (broad SMARTS) is 1. The Balaban J connectivity index is 0.000000147. The third-order valence-corrected chi connectivity index (χ3v) is 21.8. The minimum atomic E-state index is -0.954. The average molecular weight is 1200 g/mol. The van der Waals surface area contributed by atoms with E-state index in [0.29, 0.717) is 63.6 Å². The highest BCUT2D eigenvalue weighted by molar-refractivity contribution is 5.87. The topological polar surface area (TPSA) is 188 Å². The van der Waals surface area contributed by atoms with Crippen LogP contribution in [-0.4, -0.2) is 231 Å². The van der Waals surface area contributed by atoms with Gasteiger partial charge in [0.15, 0.2) is 5.78 Å². The summed E-state index contributed by atoms with van der Waals surface area (Å²) in [5.41, 5.74) is 3.30. The van der Waals surface area contributed by atoms with Gasteiger partial charge in [-0.25, -0.2) is 14.4 Å². The summed E-state index contributed by atoms with van der Waals surface area (Å²) in [7, 11) is 12.9. The third-order valence-electron chi connectivity index (χ3n) is 21.8. The quantitative estimate of drug-likeness (QED) is 0.119. The number of urea groups is 3. The van der Waals surface area contributed by atoms with Crippen LogP contribution in [0.1, 0.15) is 114 Å². The van der Waals surface area contributed by atoms with Crippen molar-refractivity contribution in [3.05, 3.63) is 108 Å². The van der Waals surface area contributed by atoms with E-state index in [-0.39, 0.29) is 82.5 Å². The Labute approximate surface area is 515 Å². The molecule has 87 heavy (non-hydrogen) atoms. The molecule has 3 saturated carbocycles. The van der Waals surface area contributed by atoms with Gasteiger partial charge in [-0.15, -0.1) is 0 Å². The number of carbonyl (C=O) groups is 6. The Morgan fingerprint density at radius 3 is 1.20 bits per heavy atom. The van der Waals surface area contributed by atoms with Gasteiger partial charge in [-0.2, -0.15) is 0 Å². The maximum absolute atomic E-state index is 13.6. The first-order valence-electron chi connectivity index (χ1n) is 32.0. The molecular weight excluding hydrogens is 1100 g/mol. The number of carboxylic acids is 1. The van der Waals surface area contributed by atoms with Crippen LogP contribution in [0.25, 0.3) is 0 Å². The summed E-state index contributed by atoms with van der Waals surface area (Å²) in [6, 6.07) is 31.8. The van der Waals surface area contributed by atoms with Gasteiger partial charge in [0.1, 0.15) is 12.3 Å². The lowest BCUT2D eigenvalue weighted by molar-refractivity contribution is -0.137. The second-order valence-electron chi connectivity index (χ2n) is 27.8. The van der Waals surface area contributed by atoms with Crippen LogP contribution in [0.5, 0.6) is 0 Å². The van der Waals surface area contributed by atoms with Gasteiger partial charge in [-0.3, -0.25) is 29.1 Å². The summed E-state index contributed by atoms with van der Waals surface area (Å²) in [5, 5.41) is 12.4. The Kier molecular flexibility index (Phi) is 19.6. The SMILES string of the molecule is CC(=O)CN1CC2(CCC(c3ccccc3)(N(C)C)CC2)NC1=O.CN(C)C1(c2ccccc2)CCC2(CC1)CN(CC(=O)CCC1COC1)C(=O)N2CC1COC1.CN(C)C1(c2ccccc2)CCC2(CC1)CN(CC(=O)O)C(=O)N2CC1COC1. The third kappa shape index (κ3) is 13.4. The molecule has 0 unspecified atom stereocenters. The summed E-state index contributed by atoms with van der Waals surface area (Å²) in [5.74, 6) is 0.525. The molecule has 0 aromatic heterocycles. The number of ketones is 2. The first-order valence-corrected chi connectivity index (χ1v) is 32.0. The highest BCUT2D eigenvalue weighted by atomic mass is 16.5. The molecule has 6 heterocycles. The smallest absolute Gasteiger partial charge is 0.323 e. The number of nitrogens with zero attached hydrogens (tertiary/aromatic N) is 8. The molecule has 3 aromatic carbocycles. The lowest BCUT2D eigenvalue weighted by Crippen LogP contribution is -2.57. The Hall–Kier alpha value is -5.96. The minimum Gasteiger partial charge on any atom is -0.480 e. The Bertz CT molecular complexity index is 2860. The molecule has 9 fully saturated rings. The molecule has 3 aromatic rings. The van der Waals surface area contributed by atoms with Gasteiger partial charge in [-0.05, 0) is 149 Å². The molecule has 0 atom stereocenters. The van der Waals surface area contributed by atoms with E-state index >= 15 is 0 Å². The number of hydrogen-bond acceptors (Lipinski definition) is 12. The number of ether oxygens (including phenoxy) is 3. The van der Waals surface area contributed by atoms with Crippen LogP contribution in [0.15, 0.2) is 91.0 Å². The van der Waals surface area contributed by atoms with Crippen LogP contribution in [0.4, 0.5) is 14.4 Å². The monoisotopic (exact) mass is 1200 g/mol. The molecule has 2 N–H and O–H groups in total. The van der Waals surface area contributed by atoms with Crippen molar-refractivity contribution in [2.24, 2.45) is 17.8 Å². The lowest BCUT2D eigenvalue weighted by atomic mass is 9.68. The van der Waals surface area contributed by atoms with Gasteiger partial charge in [0.2, 0.25) is 0 Å². The van der Waals surface area contributed by atoms with Crippen molar-refractivity contribution < 1.29 is 48.1 Å². The van der Waals surface area contributed by atoms with E-state index in [1.165, 1.54) is 28.5 Å². The van der Waals surface area contributed by atoms with Crippen molar-refractivity contribution in [2.45, 2.75) is 130 Å². The summed E-state index contributed by atoms with van der Waals surface area (Å²) in [4.78, 5) is 90.4. The molecule has 474 valence electrons. The molecule has 6 saturated heterocycles. The summed E-state index contributed by atoms with van der Waals surface area (Å²) in [6.45, 7) is 9.34. The summed E-state index contributed by atoms with van der Waals surface area (Å²) >= 11 is 0. The standard InChI is InChI=1S/C27H39N3O4.C22H31N3O4.C19H27N3O2/c1-28(2)27(23-6-4-3-5-7-23)12-10-26(11-13-27)20-29(15-24(31)9-8-21-16-33-17-21)25(32)30(26)14-22-18-34-19-22;1-23(2)22(18-6-4-3-5-7-18)10-8-21(9-11-22)16-24(13-19(26)27)20(28)25(21)12-17-14-29-15-17;1-15(23)13-22-14-18(20-17(22)24)9-11-19(12-10-18,21(2)3)16-7-5-4-6-8-16/h3-7,21-22H,8-20H2,1-2H3;3-7,17H,8-16H2,1-2H3,(H,26,27);4-8H,9-14H2,1-3H3,(H,20,24). The molecular formula is C68H97N9O10. The molecule has 0 bridgehead atoms. The van der Waals surface area contributed by atoms with Crippen LogP contribution in [0, 0.1) is 17.8 Å². The molecule has 19 nitrogen and oxygen atoms in total. The fraction of sp³-hybridized carbons (Fsp3) is 0.647. The molecule has 19 heteroatoms. The zero-order valence-corrected chi connectivity index (χ0v) is 52.9. The van der Waals surface area contributed by atoms with Crippen LogP contribution >= 0.6 is 0 Å². The van der Waals surface area contributed by atoms with Crippen LogP contribution < -0.4 is 5.32 Å². The maximum atomic E-state index is 13.6. The zero-order chi connectivity index (χ0) is 61.8. The van der Waals surface area contributed by atoms with E-state index in [2.05, 4.69) is 146 Å². The molecule has 0 radical (unpaired) electrons. The van der Waals surface area contributed by atoms with Gasteiger partial charge in [-0.1, -0.05) is 91.0 Å². The number of rotatable bonds is 19. The van der Waals surface area contributed by atoms with Gasteiger partial charge in [0.05, 0.1) is 69.3 Å². The molecule has 3 spiro atoms. The highest BCUT2D eigenvalue weighted by Crippen LogP contribution is 2.52. The van der Waals surface area contributed by atoms with E-state index in [4.69, 9.17) is 14.2 Å². The Morgan fingerprint density at radius 2 is 0.862 bits per heavy atom. The largest absolute Gasteiger partial charge is 0.480 e. The summed E-state index contributed by atoms with van der Waals surface area (Å²) in [6.07, 6.45) is 12.8. The second kappa shape index (κ2) is 26.6. The van der Waals surface area contributed by atoms with Crippen molar-refractivity contribution in [3.63, 3.8) is 0 Å². The van der Waals surface area contributed by atoms with Crippen LogP contribution in [0.3, 0.4) is 0 Å². The minimum absolute atomic E-state index is 0.0190. The predicted molar refractivity (Wildman–Crippen MR) is 332 cm³/mol. The van der Waals surface area contributed by atoms with E-state index in [1.807, 2.05) is 21.9 Å². The molecule has 6 aliphatic heterocycles. The molecule has 9 aliphatic rings. The van der Waals surface area contributed by atoms with E-state index in [1.54, 1.807) is 4.90 Å². The van der Waals surface area contributed by atoms with Gasteiger partial charge >= 0.3 is 24.1 Å². The highest BCUT2D eigenvalue weighted by Gasteiger charge is 2.57. The second-order valence-corrected chi connectivity index (χ2v) is 27.8. The molecule has 12 rings (SSSR count). The number of carbonyl (C=O) groups excluding carboxylic acids is 5. The van der Waals surface area contributed by atoms with Crippen molar-refractivity contribution >= 4 is 35.6 Å². The van der Waals surface area contributed by atoms with Crippen molar-refractivity contribution in [3.8, 4) is 0 Å². The van der Waals surface area contributed by atoms with Crippen molar-refractivity contribution in [2.75, 3.05) is 134 Å². The Morgan fingerprint density at radius 1 is 0.494 bits per heavy atom. The summed E-state index contributed by atoms with van der Waals surface area (Å²) < 4.78 is 16.0. The predicted octanol–water partition coefficient (Wildman–Crippen LogP) is 7.73. The number of nitrogens with one attached hydrogen (secondary N) is 1. The zero-order valence-electron chi connectivity index (χ0n) is 52.9. The van der Waals surface area contributed by atoms with E-state index < -0.39 is 5.97 Å². The number of amides is 6. The number of benzene rings is 3. The number of Topliss-reactive ketones (excluding diaryl/α,β-unsaturated/α-hetero) is 2. The fourth-order valence-corrected chi connectivity index (χ4v) is 16.1. The van der Waals surface area contributed by atoms with E-state index in [0.717, 1.165) is 116 Å².